The highest BCUT2D eigenvalue weighted by atomic mass is 16.2. The summed E-state index contributed by atoms with van der Waals surface area (Å²) in [6, 6.07) is 7.78. The van der Waals surface area contributed by atoms with Crippen molar-refractivity contribution in [3.05, 3.63) is 35.4 Å². The number of aliphatic hydroxyl groups is 1. The van der Waals surface area contributed by atoms with Crippen LogP contribution in [0.4, 0.5) is 0 Å². The summed E-state index contributed by atoms with van der Waals surface area (Å²) in [6.45, 7) is 2.13. The van der Waals surface area contributed by atoms with E-state index in [0.29, 0.717) is 6.42 Å². The fourth-order valence-electron chi connectivity index (χ4n) is 1.50. The number of aryl methyl sites for hydroxylation is 1. The molecule has 0 atom stereocenters. The average molecular weight is 206 g/mol. The number of ketones is 1. The zero-order valence-corrected chi connectivity index (χ0v) is 9.20. The molecule has 0 saturated carbocycles. The fraction of sp³-hybridized carbons (Fsp3) is 0.462. The third-order valence-corrected chi connectivity index (χ3v) is 2.47. The molecule has 0 unspecified atom stereocenters. The monoisotopic (exact) mass is 206 g/mol. The van der Waals surface area contributed by atoms with Crippen molar-refractivity contribution in [1.82, 2.24) is 0 Å². The van der Waals surface area contributed by atoms with Crippen LogP contribution >= 0.6 is 0 Å². The minimum Gasteiger partial charge on any atom is -0.396 e. The molecule has 0 saturated heterocycles. The molecule has 1 rings (SSSR count). The molecule has 0 heterocycles. The highest BCUT2D eigenvalue weighted by Gasteiger charge is 2.01. The summed E-state index contributed by atoms with van der Waals surface area (Å²) >= 11 is 0. The lowest BCUT2D eigenvalue weighted by molar-refractivity contribution is 0.0988. The van der Waals surface area contributed by atoms with E-state index < -0.39 is 0 Å². The molecule has 1 aromatic carbocycles. The number of aliphatic hydroxyl groups excluding tert-OH is 1. The molecule has 0 aliphatic carbocycles. The minimum atomic E-state index is 0.192. The molecule has 1 N–H and O–H groups in total. The second kappa shape index (κ2) is 6.36. The van der Waals surface area contributed by atoms with Crippen molar-refractivity contribution >= 4 is 5.78 Å². The molecule has 82 valence electrons. The van der Waals surface area contributed by atoms with Gasteiger partial charge in [0.25, 0.3) is 0 Å². The molecule has 0 fully saturated rings. The van der Waals surface area contributed by atoms with E-state index in [1.165, 1.54) is 5.56 Å². The smallest absolute Gasteiger partial charge is 0.162 e. The van der Waals surface area contributed by atoms with Crippen molar-refractivity contribution in [2.24, 2.45) is 0 Å². The van der Waals surface area contributed by atoms with E-state index in [0.717, 1.165) is 24.8 Å². The van der Waals surface area contributed by atoms with E-state index in [-0.39, 0.29) is 12.4 Å². The molecular weight excluding hydrogens is 188 g/mol. The van der Waals surface area contributed by atoms with E-state index in [9.17, 15) is 4.79 Å². The van der Waals surface area contributed by atoms with Crippen molar-refractivity contribution in [1.29, 1.82) is 0 Å². The number of unbranched alkanes of at least 4 members (excludes halogenated alkanes) is 1. The van der Waals surface area contributed by atoms with Crippen LogP contribution < -0.4 is 0 Å². The number of carbonyl (C=O) groups is 1. The quantitative estimate of drug-likeness (QED) is 0.574. The first-order valence-electron chi connectivity index (χ1n) is 5.51. The van der Waals surface area contributed by atoms with Gasteiger partial charge in [-0.3, -0.25) is 4.79 Å². The summed E-state index contributed by atoms with van der Waals surface area (Å²) in [5.41, 5.74) is 2.03. The van der Waals surface area contributed by atoms with E-state index >= 15 is 0 Å². The summed E-state index contributed by atoms with van der Waals surface area (Å²) in [7, 11) is 0. The average Bonchev–Trinajstić information content (AvgIpc) is 2.29. The number of hydrogen-bond donors (Lipinski definition) is 1. The van der Waals surface area contributed by atoms with Gasteiger partial charge in [0.2, 0.25) is 0 Å². The van der Waals surface area contributed by atoms with Crippen molar-refractivity contribution in [3.63, 3.8) is 0 Å². The first-order valence-corrected chi connectivity index (χ1v) is 5.51. The third-order valence-electron chi connectivity index (χ3n) is 2.47. The molecule has 0 aliphatic rings. The van der Waals surface area contributed by atoms with E-state index in [2.05, 4.69) is 0 Å². The molecule has 15 heavy (non-hydrogen) atoms. The van der Waals surface area contributed by atoms with Gasteiger partial charge >= 0.3 is 0 Å². The van der Waals surface area contributed by atoms with E-state index in [4.69, 9.17) is 5.11 Å². The van der Waals surface area contributed by atoms with Gasteiger partial charge in [-0.05, 0) is 24.8 Å². The van der Waals surface area contributed by atoms with Gasteiger partial charge in [-0.15, -0.1) is 0 Å². The molecule has 0 aliphatic heterocycles. The lowest BCUT2D eigenvalue weighted by atomic mass is 10.0. The van der Waals surface area contributed by atoms with Crippen molar-refractivity contribution in [3.8, 4) is 0 Å². The lowest BCUT2D eigenvalue weighted by Crippen LogP contribution is -1.96. The van der Waals surface area contributed by atoms with Gasteiger partial charge in [-0.1, -0.05) is 31.2 Å². The largest absolute Gasteiger partial charge is 0.396 e. The normalized spacial score (nSPS) is 10.3. The molecule has 1 aromatic rings. The van der Waals surface area contributed by atoms with Crippen LogP contribution in [0.5, 0.6) is 0 Å². The Bertz CT molecular complexity index is 301. The Labute approximate surface area is 90.9 Å². The standard InChI is InChI=1S/C13H18O2/c1-2-13(15)12-8-6-11(7-9-12)5-3-4-10-14/h6-9,14H,2-5,10H2,1H3. The first-order chi connectivity index (χ1) is 7.27. The van der Waals surface area contributed by atoms with E-state index in [1.807, 2.05) is 31.2 Å². The second-order valence-electron chi connectivity index (χ2n) is 3.65. The lowest BCUT2D eigenvalue weighted by Gasteiger charge is -2.02. The predicted molar refractivity (Wildman–Crippen MR) is 61.1 cm³/mol. The summed E-state index contributed by atoms with van der Waals surface area (Å²) in [6.07, 6.45) is 3.37. The SMILES string of the molecule is CCC(=O)c1ccc(CCCCO)cc1. The van der Waals surface area contributed by atoms with Crippen LogP contribution in [0.2, 0.25) is 0 Å². The van der Waals surface area contributed by atoms with Crippen LogP contribution in [-0.2, 0) is 6.42 Å². The topological polar surface area (TPSA) is 37.3 Å². The summed E-state index contributed by atoms with van der Waals surface area (Å²) in [5, 5.41) is 8.65. The Morgan fingerprint density at radius 2 is 1.87 bits per heavy atom. The molecule has 0 bridgehead atoms. The number of benzene rings is 1. The van der Waals surface area contributed by atoms with Crippen LogP contribution in [0.3, 0.4) is 0 Å². The van der Waals surface area contributed by atoms with Gasteiger partial charge in [0.15, 0.2) is 5.78 Å². The highest BCUT2D eigenvalue weighted by Crippen LogP contribution is 2.09. The van der Waals surface area contributed by atoms with Gasteiger partial charge in [0, 0.05) is 18.6 Å². The summed E-state index contributed by atoms with van der Waals surface area (Å²) in [5.74, 6) is 0.192. The van der Waals surface area contributed by atoms with Gasteiger partial charge in [0.1, 0.15) is 0 Å². The van der Waals surface area contributed by atoms with Gasteiger partial charge in [-0.25, -0.2) is 0 Å². The maximum atomic E-state index is 11.4. The summed E-state index contributed by atoms with van der Waals surface area (Å²) in [4.78, 5) is 11.4. The van der Waals surface area contributed by atoms with Crippen LogP contribution in [0.25, 0.3) is 0 Å². The predicted octanol–water partition coefficient (Wildman–Crippen LogP) is 2.59. The fourth-order valence-corrected chi connectivity index (χ4v) is 1.50. The minimum absolute atomic E-state index is 0.192. The zero-order chi connectivity index (χ0) is 11.1. The Balaban J connectivity index is 2.52. The van der Waals surface area contributed by atoms with E-state index in [1.54, 1.807) is 0 Å². The van der Waals surface area contributed by atoms with Crippen LogP contribution in [-0.4, -0.2) is 17.5 Å². The number of carbonyl (C=O) groups excluding carboxylic acids is 1. The molecule has 0 aromatic heterocycles. The Hall–Kier alpha value is -1.15. The maximum Gasteiger partial charge on any atom is 0.162 e. The maximum absolute atomic E-state index is 11.4. The van der Waals surface area contributed by atoms with Crippen LogP contribution in [0.15, 0.2) is 24.3 Å². The molecule has 0 amide bonds. The van der Waals surface area contributed by atoms with Crippen molar-refractivity contribution in [2.75, 3.05) is 6.61 Å². The van der Waals surface area contributed by atoms with Gasteiger partial charge in [-0.2, -0.15) is 0 Å². The third kappa shape index (κ3) is 3.84. The molecule has 0 spiro atoms. The van der Waals surface area contributed by atoms with Crippen LogP contribution in [0, 0.1) is 0 Å². The molecular formula is C13H18O2. The van der Waals surface area contributed by atoms with Crippen molar-refractivity contribution < 1.29 is 9.90 Å². The van der Waals surface area contributed by atoms with Gasteiger partial charge < -0.3 is 5.11 Å². The molecule has 2 heteroatoms. The Morgan fingerprint density at radius 3 is 2.40 bits per heavy atom. The Kier molecular flexibility index (Phi) is 5.05. The zero-order valence-electron chi connectivity index (χ0n) is 9.20. The molecule has 2 nitrogen and oxygen atoms in total. The molecule has 0 radical (unpaired) electrons. The van der Waals surface area contributed by atoms with Crippen LogP contribution in [0.1, 0.15) is 42.1 Å². The Morgan fingerprint density at radius 1 is 1.20 bits per heavy atom. The highest BCUT2D eigenvalue weighted by molar-refractivity contribution is 5.95. The first kappa shape index (κ1) is 11.9. The number of rotatable bonds is 6. The number of Topliss-reactive ketones (excluding diaryl/α,β-unsaturated/α-hetero) is 1. The second-order valence-corrected chi connectivity index (χ2v) is 3.65. The van der Waals surface area contributed by atoms with Crippen molar-refractivity contribution in [2.45, 2.75) is 32.6 Å². The van der Waals surface area contributed by atoms with Gasteiger partial charge in [0.05, 0.1) is 0 Å². The summed E-state index contributed by atoms with van der Waals surface area (Å²) < 4.78 is 0. The number of hydrogen-bond acceptors (Lipinski definition) is 2.